The fourth-order valence-corrected chi connectivity index (χ4v) is 4.99. The standard InChI is InChI=1S/C31H33F3N8O2/c1-19-3-4-23(16-26(19)40-30-35-9-12-42(30)28-17-27(36-18-37-28)38-22-5-6-22)39-29(43)20-13-21(31(32,33)34)15-25(14-20)44-24-7-10-41(2)11-8-24/h3-4,9,12-18,22,24H,5-8,10-11H2,1-2H3,(H,35,40)(H,39,43)(H,36,37,38). The first kappa shape index (κ1) is 29.4. The molecular formula is C31H33F3N8O2. The van der Waals surface area contributed by atoms with Gasteiger partial charge in [-0.2, -0.15) is 13.2 Å². The third-order valence-corrected chi connectivity index (χ3v) is 7.68. The van der Waals surface area contributed by atoms with Gasteiger partial charge in [-0.25, -0.2) is 15.0 Å². The average Bonchev–Trinajstić information content (AvgIpc) is 3.69. The zero-order valence-electron chi connectivity index (χ0n) is 24.4. The van der Waals surface area contributed by atoms with Gasteiger partial charge in [-0.15, -0.1) is 0 Å². The van der Waals surface area contributed by atoms with Crippen LogP contribution in [0, 0.1) is 6.92 Å². The first-order chi connectivity index (χ1) is 21.1. The van der Waals surface area contributed by atoms with Gasteiger partial charge in [0.15, 0.2) is 0 Å². The molecule has 4 aromatic rings. The lowest BCUT2D eigenvalue weighted by atomic mass is 10.1. The van der Waals surface area contributed by atoms with Gasteiger partial charge in [0.25, 0.3) is 5.91 Å². The molecule has 0 bridgehead atoms. The van der Waals surface area contributed by atoms with Crippen molar-refractivity contribution in [2.45, 2.75) is 50.9 Å². The Morgan fingerprint density at radius 3 is 2.55 bits per heavy atom. The maximum Gasteiger partial charge on any atom is 0.416 e. The van der Waals surface area contributed by atoms with Gasteiger partial charge in [-0.1, -0.05) is 6.07 Å². The molecule has 2 fully saturated rings. The molecule has 13 heteroatoms. The summed E-state index contributed by atoms with van der Waals surface area (Å²) in [5.74, 6) is 1.18. The minimum Gasteiger partial charge on any atom is -0.490 e. The predicted octanol–water partition coefficient (Wildman–Crippen LogP) is 6.03. The summed E-state index contributed by atoms with van der Waals surface area (Å²) in [6.45, 7) is 3.47. The van der Waals surface area contributed by atoms with Crippen LogP contribution >= 0.6 is 0 Å². The summed E-state index contributed by atoms with van der Waals surface area (Å²) in [4.78, 5) is 28.5. The molecular weight excluding hydrogens is 573 g/mol. The zero-order valence-corrected chi connectivity index (χ0v) is 24.4. The number of benzene rings is 2. The van der Waals surface area contributed by atoms with Crippen LogP contribution in [0.25, 0.3) is 5.82 Å². The molecule has 2 aromatic heterocycles. The van der Waals surface area contributed by atoms with Crippen LogP contribution in [-0.4, -0.2) is 62.6 Å². The minimum absolute atomic E-state index is 0.0258. The Morgan fingerprint density at radius 1 is 1.00 bits per heavy atom. The molecule has 1 amide bonds. The molecule has 3 heterocycles. The SMILES string of the molecule is Cc1ccc(NC(=O)c2cc(OC3CCN(C)CC3)cc(C(F)(F)F)c2)cc1Nc1nccn1-c1cc(NC2CC2)ncn1. The number of carbonyl (C=O) groups excluding carboxylic acids is 1. The molecule has 0 atom stereocenters. The van der Waals surface area contributed by atoms with E-state index in [1.165, 1.54) is 12.4 Å². The molecule has 1 aliphatic carbocycles. The smallest absolute Gasteiger partial charge is 0.416 e. The Kier molecular flexibility index (Phi) is 8.13. The molecule has 10 nitrogen and oxygen atoms in total. The van der Waals surface area contributed by atoms with Crippen molar-refractivity contribution in [3.8, 4) is 11.6 Å². The number of hydrogen-bond acceptors (Lipinski definition) is 8. The van der Waals surface area contributed by atoms with E-state index in [1.807, 2.05) is 20.0 Å². The van der Waals surface area contributed by atoms with Gasteiger partial charge < -0.3 is 25.6 Å². The number of nitrogens with zero attached hydrogens (tertiary/aromatic N) is 5. The van der Waals surface area contributed by atoms with E-state index in [2.05, 4.69) is 35.8 Å². The van der Waals surface area contributed by atoms with Crippen molar-refractivity contribution in [2.24, 2.45) is 0 Å². The topological polar surface area (TPSA) is 109 Å². The van der Waals surface area contributed by atoms with Crippen LogP contribution in [0.15, 0.2) is 61.2 Å². The van der Waals surface area contributed by atoms with Crippen LogP contribution in [0.2, 0.25) is 0 Å². The number of carbonyl (C=O) groups is 1. The van der Waals surface area contributed by atoms with Crippen LogP contribution < -0.4 is 20.7 Å². The number of nitrogens with one attached hydrogen (secondary N) is 3. The van der Waals surface area contributed by atoms with Gasteiger partial charge in [0.05, 0.1) is 5.56 Å². The monoisotopic (exact) mass is 606 g/mol. The Balaban J connectivity index is 1.20. The average molecular weight is 607 g/mol. The highest BCUT2D eigenvalue weighted by molar-refractivity contribution is 6.05. The van der Waals surface area contributed by atoms with Crippen molar-refractivity contribution in [3.05, 3.63) is 77.9 Å². The molecule has 0 unspecified atom stereocenters. The Bertz CT molecular complexity index is 1650. The van der Waals surface area contributed by atoms with Crippen molar-refractivity contribution in [2.75, 3.05) is 36.1 Å². The number of aromatic nitrogens is 4. The number of amides is 1. The Morgan fingerprint density at radius 2 is 1.80 bits per heavy atom. The molecule has 1 saturated heterocycles. The first-order valence-corrected chi connectivity index (χ1v) is 14.5. The molecule has 2 aromatic carbocycles. The molecule has 44 heavy (non-hydrogen) atoms. The number of rotatable bonds is 9. The molecule has 230 valence electrons. The van der Waals surface area contributed by atoms with E-state index < -0.39 is 17.6 Å². The van der Waals surface area contributed by atoms with Crippen molar-refractivity contribution < 1.29 is 22.7 Å². The highest BCUT2D eigenvalue weighted by Crippen LogP contribution is 2.34. The summed E-state index contributed by atoms with van der Waals surface area (Å²) in [5.41, 5.74) is 0.827. The van der Waals surface area contributed by atoms with E-state index in [0.717, 1.165) is 49.4 Å². The van der Waals surface area contributed by atoms with Gasteiger partial charge in [-0.05, 0) is 75.5 Å². The number of halogens is 3. The number of ether oxygens (including phenoxy) is 1. The number of aryl methyl sites for hydroxylation is 1. The summed E-state index contributed by atoms with van der Waals surface area (Å²) in [5, 5.41) is 9.37. The summed E-state index contributed by atoms with van der Waals surface area (Å²) in [7, 11) is 1.99. The van der Waals surface area contributed by atoms with Crippen LogP contribution in [0.1, 0.15) is 47.2 Å². The number of hydrogen-bond donors (Lipinski definition) is 3. The van der Waals surface area contributed by atoms with E-state index >= 15 is 0 Å². The second-order valence-corrected chi connectivity index (χ2v) is 11.3. The second-order valence-electron chi connectivity index (χ2n) is 11.3. The maximum atomic E-state index is 13.8. The second kappa shape index (κ2) is 12.2. The van der Waals surface area contributed by atoms with Crippen LogP contribution in [-0.2, 0) is 6.18 Å². The van der Waals surface area contributed by atoms with E-state index in [0.29, 0.717) is 42.0 Å². The lowest BCUT2D eigenvalue weighted by molar-refractivity contribution is -0.137. The van der Waals surface area contributed by atoms with Gasteiger partial charge >= 0.3 is 6.18 Å². The normalized spacial score (nSPS) is 16.0. The fraction of sp³-hybridized carbons (Fsp3) is 0.355. The largest absolute Gasteiger partial charge is 0.490 e. The number of anilines is 4. The predicted molar refractivity (Wildman–Crippen MR) is 161 cm³/mol. The lowest BCUT2D eigenvalue weighted by Crippen LogP contribution is -2.35. The summed E-state index contributed by atoms with van der Waals surface area (Å²) in [6, 6.07) is 10.6. The number of alkyl halides is 3. The van der Waals surface area contributed by atoms with Gasteiger partial charge in [0.2, 0.25) is 5.95 Å². The van der Waals surface area contributed by atoms with Crippen molar-refractivity contribution in [3.63, 3.8) is 0 Å². The first-order valence-electron chi connectivity index (χ1n) is 14.5. The summed E-state index contributed by atoms with van der Waals surface area (Å²) in [6.07, 6.45) is 3.67. The van der Waals surface area contributed by atoms with Gasteiger partial charge in [0.1, 0.15) is 29.8 Å². The molecule has 2 aliphatic rings. The van der Waals surface area contributed by atoms with Gasteiger partial charge in [-0.3, -0.25) is 9.36 Å². The number of piperidine rings is 1. The highest BCUT2D eigenvalue weighted by Gasteiger charge is 2.32. The lowest BCUT2D eigenvalue weighted by Gasteiger charge is -2.29. The highest BCUT2D eigenvalue weighted by atomic mass is 19.4. The number of imidazole rings is 1. The molecule has 0 spiro atoms. The fourth-order valence-electron chi connectivity index (χ4n) is 4.99. The van der Waals surface area contributed by atoms with Gasteiger partial charge in [0, 0.05) is 54.5 Å². The number of likely N-dealkylation sites (tertiary alicyclic amines) is 1. The van der Waals surface area contributed by atoms with Crippen LogP contribution in [0.4, 0.5) is 36.3 Å². The molecule has 1 saturated carbocycles. The third-order valence-electron chi connectivity index (χ3n) is 7.68. The maximum absolute atomic E-state index is 13.8. The Labute approximate surface area is 252 Å². The van der Waals surface area contributed by atoms with E-state index in [9.17, 15) is 18.0 Å². The molecule has 1 aliphatic heterocycles. The molecule has 3 N–H and O–H groups in total. The zero-order chi connectivity index (χ0) is 30.8. The van der Waals surface area contributed by atoms with E-state index in [4.69, 9.17) is 4.74 Å². The van der Waals surface area contributed by atoms with Crippen LogP contribution in [0.3, 0.4) is 0 Å². The van der Waals surface area contributed by atoms with Crippen molar-refractivity contribution in [1.29, 1.82) is 0 Å². The van der Waals surface area contributed by atoms with E-state index in [-0.39, 0.29) is 17.4 Å². The summed E-state index contributed by atoms with van der Waals surface area (Å²) >= 11 is 0. The molecule has 0 radical (unpaired) electrons. The molecule has 6 rings (SSSR count). The summed E-state index contributed by atoms with van der Waals surface area (Å²) < 4.78 is 49.0. The Hall–Kier alpha value is -4.65. The quantitative estimate of drug-likeness (QED) is 0.212. The van der Waals surface area contributed by atoms with Crippen LogP contribution in [0.5, 0.6) is 5.75 Å². The third kappa shape index (κ3) is 7.10. The van der Waals surface area contributed by atoms with E-state index in [1.54, 1.807) is 35.2 Å². The minimum atomic E-state index is -4.64. The van der Waals surface area contributed by atoms with Crippen molar-refractivity contribution in [1.82, 2.24) is 24.4 Å². The van der Waals surface area contributed by atoms with Crippen molar-refractivity contribution >= 4 is 29.0 Å².